The molecule has 1 aromatic carbocycles. The molecule has 2 amide bonds. The number of para-hydroxylation sites is 1. The second kappa shape index (κ2) is 6.05. The Labute approximate surface area is 135 Å². The first-order valence-electron chi connectivity index (χ1n) is 7.39. The van der Waals surface area contributed by atoms with Gasteiger partial charge in [-0.1, -0.05) is 17.7 Å². The number of benzene rings is 1. The number of hydrogen-bond donors (Lipinski definition) is 3. The first-order valence-corrected chi connectivity index (χ1v) is 7.77. The Morgan fingerprint density at radius 1 is 1.27 bits per heavy atom. The number of piperidine rings is 1. The molecular weight excluding hydrogens is 305 g/mol. The normalized spacial score (nSPS) is 20.5. The van der Waals surface area contributed by atoms with Gasteiger partial charge in [0.25, 0.3) is 0 Å². The van der Waals surface area contributed by atoms with Crippen LogP contribution in [0.15, 0.2) is 18.2 Å². The van der Waals surface area contributed by atoms with Crippen LogP contribution in [0.5, 0.6) is 0 Å². The summed E-state index contributed by atoms with van der Waals surface area (Å²) < 4.78 is 13.7. The van der Waals surface area contributed by atoms with E-state index in [-0.39, 0.29) is 27.8 Å². The maximum Gasteiger partial charge on any atom is 0.319 e. The van der Waals surface area contributed by atoms with Gasteiger partial charge >= 0.3 is 6.03 Å². The van der Waals surface area contributed by atoms with Crippen molar-refractivity contribution in [2.24, 2.45) is 0 Å². The fourth-order valence-electron chi connectivity index (χ4n) is 3.38. The molecule has 0 aromatic heterocycles. The standard InChI is InChI=1S/C16H23ClFN3O/c1-15(2)8-10(9-16(3,4)21-15)19-14(22)20-13-11(17)6-5-7-12(13)18/h5-7,10,21H,8-9H2,1-4H3,(H2,19,20,22). The van der Waals surface area contributed by atoms with Crippen molar-refractivity contribution in [1.82, 2.24) is 10.6 Å². The highest BCUT2D eigenvalue weighted by Gasteiger charge is 2.38. The second-order valence-corrected chi connectivity index (χ2v) is 7.60. The van der Waals surface area contributed by atoms with Crippen molar-refractivity contribution in [1.29, 1.82) is 0 Å². The lowest BCUT2D eigenvalue weighted by molar-refractivity contribution is 0.149. The van der Waals surface area contributed by atoms with Crippen molar-refractivity contribution >= 4 is 23.3 Å². The number of urea groups is 1. The molecule has 0 saturated carbocycles. The third-order valence-corrected chi connectivity index (χ3v) is 4.04. The number of carbonyl (C=O) groups is 1. The van der Waals surface area contributed by atoms with Crippen LogP contribution in [0.25, 0.3) is 0 Å². The molecule has 1 fully saturated rings. The Kier molecular flexibility index (Phi) is 4.68. The van der Waals surface area contributed by atoms with Crippen molar-refractivity contribution in [2.75, 3.05) is 5.32 Å². The van der Waals surface area contributed by atoms with Crippen LogP contribution in [0.2, 0.25) is 5.02 Å². The topological polar surface area (TPSA) is 53.2 Å². The van der Waals surface area contributed by atoms with E-state index >= 15 is 0 Å². The first-order chi connectivity index (χ1) is 10.1. The number of nitrogens with one attached hydrogen (secondary N) is 3. The minimum absolute atomic E-state index is 0.00845. The maximum absolute atomic E-state index is 13.7. The summed E-state index contributed by atoms with van der Waals surface area (Å²) in [4.78, 5) is 12.1. The number of amides is 2. The van der Waals surface area contributed by atoms with E-state index in [2.05, 4.69) is 43.6 Å². The Hall–Kier alpha value is -1.33. The van der Waals surface area contributed by atoms with Gasteiger partial charge < -0.3 is 16.0 Å². The van der Waals surface area contributed by atoms with Gasteiger partial charge in [0.15, 0.2) is 0 Å². The minimum Gasteiger partial charge on any atom is -0.335 e. The SMILES string of the molecule is CC1(C)CC(NC(=O)Nc2c(F)cccc2Cl)CC(C)(C)N1. The van der Waals surface area contributed by atoms with Crippen molar-refractivity contribution in [3.63, 3.8) is 0 Å². The van der Waals surface area contributed by atoms with Crippen LogP contribution in [0.4, 0.5) is 14.9 Å². The molecule has 1 aliphatic rings. The minimum atomic E-state index is -0.548. The van der Waals surface area contributed by atoms with Crippen LogP contribution < -0.4 is 16.0 Å². The molecule has 22 heavy (non-hydrogen) atoms. The largest absolute Gasteiger partial charge is 0.335 e. The van der Waals surface area contributed by atoms with E-state index in [1.807, 2.05) is 0 Å². The zero-order valence-corrected chi connectivity index (χ0v) is 14.1. The molecule has 4 nitrogen and oxygen atoms in total. The number of carbonyl (C=O) groups excluding carboxylic acids is 1. The molecule has 0 unspecified atom stereocenters. The molecule has 0 spiro atoms. The summed E-state index contributed by atoms with van der Waals surface area (Å²) in [5.74, 6) is -0.548. The monoisotopic (exact) mass is 327 g/mol. The highest BCUT2D eigenvalue weighted by molar-refractivity contribution is 6.33. The molecule has 1 heterocycles. The summed E-state index contributed by atoms with van der Waals surface area (Å²) in [6.45, 7) is 8.42. The lowest BCUT2D eigenvalue weighted by Gasteiger charge is -2.46. The average molecular weight is 328 g/mol. The number of hydrogen-bond acceptors (Lipinski definition) is 2. The Morgan fingerprint density at radius 3 is 2.41 bits per heavy atom. The smallest absolute Gasteiger partial charge is 0.319 e. The lowest BCUT2D eigenvalue weighted by Crippen LogP contribution is -2.62. The predicted molar refractivity (Wildman–Crippen MR) is 87.9 cm³/mol. The molecule has 122 valence electrons. The van der Waals surface area contributed by atoms with E-state index in [4.69, 9.17) is 11.6 Å². The van der Waals surface area contributed by atoms with Gasteiger partial charge in [0.05, 0.1) is 10.7 Å². The molecule has 1 aliphatic heterocycles. The number of rotatable bonds is 2. The van der Waals surface area contributed by atoms with Crippen LogP contribution in [0, 0.1) is 5.82 Å². The van der Waals surface area contributed by atoms with E-state index < -0.39 is 11.8 Å². The van der Waals surface area contributed by atoms with Crippen molar-refractivity contribution in [2.45, 2.75) is 57.7 Å². The summed E-state index contributed by atoms with van der Waals surface area (Å²) >= 11 is 5.91. The molecule has 3 N–H and O–H groups in total. The molecule has 0 atom stereocenters. The summed E-state index contributed by atoms with van der Waals surface area (Å²) in [6.07, 6.45) is 1.60. The van der Waals surface area contributed by atoms with Crippen LogP contribution in [-0.4, -0.2) is 23.2 Å². The van der Waals surface area contributed by atoms with E-state index in [0.29, 0.717) is 0 Å². The first kappa shape index (κ1) is 17.0. The summed E-state index contributed by atoms with van der Waals surface area (Å²) in [7, 11) is 0. The van der Waals surface area contributed by atoms with Crippen molar-refractivity contribution in [3.8, 4) is 0 Å². The van der Waals surface area contributed by atoms with Crippen LogP contribution >= 0.6 is 11.6 Å². The van der Waals surface area contributed by atoms with Gasteiger partial charge in [-0.3, -0.25) is 0 Å². The van der Waals surface area contributed by atoms with Gasteiger partial charge in [-0.25, -0.2) is 9.18 Å². The molecule has 6 heteroatoms. The Morgan fingerprint density at radius 2 is 1.86 bits per heavy atom. The van der Waals surface area contributed by atoms with Gasteiger partial charge in [0, 0.05) is 17.1 Å². The third-order valence-electron chi connectivity index (χ3n) is 3.73. The fraction of sp³-hybridized carbons (Fsp3) is 0.562. The van der Waals surface area contributed by atoms with Gasteiger partial charge in [0.1, 0.15) is 5.82 Å². The quantitative estimate of drug-likeness (QED) is 0.771. The molecule has 1 aromatic rings. The summed E-state index contributed by atoms with van der Waals surface area (Å²) in [5.41, 5.74) is -0.140. The molecular formula is C16H23ClFN3O. The second-order valence-electron chi connectivity index (χ2n) is 7.19. The fourth-order valence-corrected chi connectivity index (χ4v) is 3.59. The molecule has 0 aliphatic carbocycles. The van der Waals surface area contributed by atoms with Gasteiger partial charge in [-0.05, 0) is 52.7 Å². The average Bonchev–Trinajstić information content (AvgIpc) is 2.29. The van der Waals surface area contributed by atoms with Crippen LogP contribution in [0.3, 0.4) is 0 Å². The zero-order chi connectivity index (χ0) is 16.5. The highest BCUT2D eigenvalue weighted by Crippen LogP contribution is 2.29. The molecule has 2 rings (SSSR count). The Bertz CT molecular complexity index is 538. The van der Waals surface area contributed by atoms with E-state index in [9.17, 15) is 9.18 Å². The van der Waals surface area contributed by atoms with Crippen LogP contribution in [0.1, 0.15) is 40.5 Å². The maximum atomic E-state index is 13.7. The summed E-state index contributed by atoms with van der Waals surface area (Å²) in [5, 5.41) is 9.15. The lowest BCUT2D eigenvalue weighted by atomic mass is 9.80. The van der Waals surface area contributed by atoms with Crippen LogP contribution in [-0.2, 0) is 0 Å². The molecule has 1 saturated heterocycles. The van der Waals surface area contributed by atoms with Crippen molar-refractivity contribution in [3.05, 3.63) is 29.0 Å². The van der Waals surface area contributed by atoms with Gasteiger partial charge in [-0.15, -0.1) is 0 Å². The Balaban J connectivity index is 2.03. The predicted octanol–water partition coefficient (Wildman–Crippen LogP) is 3.91. The molecule has 0 radical (unpaired) electrons. The highest BCUT2D eigenvalue weighted by atomic mass is 35.5. The number of halogens is 2. The molecule has 0 bridgehead atoms. The van der Waals surface area contributed by atoms with E-state index in [1.165, 1.54) is 18.2 Å². The van der Waals surface area contributed by atoms with Crippen molar-refractivity contribution < 1.29 is 9.18 Å². The third kappa shape index (κ3) is 4.34. The van der Waals surface area contributed by atoms with Gasteiger partial charge in [0.2, 0.25) is 0 Å². The zero-order valence-electron chi connectivity index (χ0n) is 13.4. The van der Waals surface area contributed by atoms with E-state index in [0.717, 1.165) is 12.8 Å². The summed E-state index contributed by atoms with van der Waals surface area (Å²) in [6, 6.07) is 3.87. The van der Waals surface area contributed by atoms with Gasteiger partial charge in [-0.2, -0.15) is 0 Å². The number of anilines is 1. The van der Waals surface area contributed by atoms with E-state index in [1.54, 1.807) is 0 Å².